The molecule has 0 spiro atoms. The Morgan fingerprint density at radius 2 is 1.96 bits per heavy atom. The molecule has 2 heterocycles. The van der Waals surface area contributed by atoms with Gasteiger partial charge in [0, 0.05) is 17.3 Å². The van der Waals surface area contributed by atoms with Gasteiger partial charge >= 0.3 is 6.03 Å². The summed E-state index contributed by atoms with van der Waals surface area (Å²) in [5, 5.41) is 6.09. The van der Waals surface area contributed by atoms with Gasteiger partial charge < -0.3 is 5.32 Å². The van der Waals surface area contributed by atoms with Crippen LogP contribution in [-0.2, 0) is 11.2 Å². The van der Waals surface area contributed by atoms with Crippen molar-refractivity contribution in [3.8, 4) is 5.69 Å². The molecule has 0 saturated carbocycles. The topological polar surface area (TPSA) is 87.2 Å². The molecule has 7 nitrogen and oxygen atoms in total. The van der Waals surface area contributed by atoms with Gasteiger partial charge in [-0.1, -0.05) is 31.5 Å². The largest absolute Gasteiger partial charge is 0.329 e. The molecule has 1 aliphatic heterocycles. The van der Waals surface area contributed by atoms with E-state index < -0.39 is 11.9 Å². The minimum absolute atomic E-state index is 0.104. The minimum Gasteiger partial charge on any atom is -0.303 e. The molecule has 3 rings (SSSR count). The van der Waals surface area contributed by atoms with Gasteiger partial charge in [0.2, 0.25) is 0 Å². The van der Waals surface area contributed by atoms with Crippen molar-refractivity contribution in [2.75, 3.05) is 6.54 Å². The second-order valence-electron chi connectivity index (χ2n) is 5.92. The van der Waals surface area contributed by atoms with Crippen molar-refractivity contribution in [1.82, 2.24) is 20.0 Å². The van der Waals surface area contributed by atoms with E-state index in [4.69, 9.17) is 11.6 Å². The van der Waals surface area contributed by atoms with Crippen LogP contribution in [0.3, 0.4) is 0 Å². The lowest BCUT2D eigenvalue weighted by molar-refractivity contribution is -0.122. The number of hydrogen-bond donors (Lipinski definition) is 2. The van der Waals surface area contributed by atoms with E-state index in [-0.39, 0.29) is 11.3 Å². The van der Waals surface area contributed by atoms with Crippen molar-refractivity contribution < 1.29 is 9.59 Å². The quantitative estimate of drug-likeness (QED) is 0.623. The molecule has 0 atom stereocenters. The number of benzene rings is 1. The number of urea groups is 1. The third kappa shape index (κ3) is 3.17. The van der Waals surface area contributed by atoms with Crippen LogP contribution in [0.4, 0.5) is 4.79 Å². The van der Waals surface area contributed by atoms with E-state index in [1.54, 1.807) is 24.3 Å². The molecule has 3 amide bonds. The molecule has 1 aliphatic rings. The fraction of sp³-hybridized carbons (Fsp3) is 0.278. The second kappa shape index (κ2) is 7.21. The molecule has 2 N–H and O–H groups in total. The molecular formula is C18H19ClN4O3. The van der Waals surface area contributed by atoms with Gasteiger partial charge in [0.1, 0.15) is 5.70 Å². The van der Waals surface area contributed by atoms with E-state index in [0.29, 0.717) is 41.4 Å². The fourth-order valence-corrected chi connectivity index (χ4v) is 3.04. The number of nitrogens with zero attached hydrogens (tertiary/aromatic N) is 2. The number of carbonyl (C=O) groups excluding carboxylic acids is 2. The van der Waals surface area contributed by atoms with Crippen molar-refractivity contribution in [2.24, 2.45) is 0 Å². The predicted octanol–water partition coefficient (Wildman–Crippen LogP) is 2.68. The van der Waals surface area contributed by atoms with Crippen molar-refractivity contribution in [3.63, 3.8) is 0 Å². The number of nitrogens with one attached hydrogen (secondary N) is 2. The average Bonchev–Trinajstić information content (AvgIpc) is 3.07. The summed E-state index contributed by atoms with van der Waals surface area (Å²) in [4.78, 5) is 38.3. The first-order valence-corrected chi connectivity index (χ1v) is 8.78. The molecule has 136 valence electrons. The maximum absolute atomic E-state index is 12.9. The van der Waals surface area contributed by atoms with Gasteiger partial charge in [-0.2, -0.15) is 0 Å². The zero-order chi connectivity index (χ0) is 18.8. The molecule has 26 heavy (non-hydrogen) atoms. The van der Waals surface area contributed by atoms with Crippen molar-refractivity contribution >= 4 is 29.6 Å². The molecule has 1 aromatic carbocycles. The molecule has 0 aliphatic carbocycles. The van der Waals surface area contributed by atoms with E-state index in [2.05, 4.69) is 10.4 Å². The number of aryl methyl sites for hydroxylation is 1. The smallest absolute Gasteiger partial charge is 0.303 e. The van der Waals surface area contributed by atoms with Gasteiger partial charge in [0.25, 0.3) is 11.5 Å². The molecule has 8 heteroatoms. The first-order valence-electron chi connectivity index (χ1n) is 8.40. The maximum Gasteiger partial charge on any atom is 0.329 e. The van der Waals surface area contributed by atoms with Crippen LogP contribution in [0.5, 0.6) is 0 Å². The lowest BCUT2D eigenvalue weighted by atomic mass is 10.1. The van der Waals surface area contributed by atoms with E-state index in [1.165, 1.54) is 10.8 Å². The second-order valence-corrected chi connectivity index (χ2v) is 6.36. The van der Waals surface area contributed by atoms with Crippen LogP contribution in [0.15, 0.2) is 34.8 Å². The summed E-state index contributed by atoms with van der Waals surface area (Å²) in [5.41, 5.74) is 1.39. The monoisotopic (exact) mass is 374 g/mol. The number of aromatic amines is 1. The van der Waals surface area contributed by atoms with Crippen LogP contribution >= 0.6 is 11.6 Å². The number of hydrogen-bond acceptors (Lipinski definition) is 3. The highest BCUT2D eigenvalue weighted by atomic mass is 35.5. The molecule has 0 bridgehead atoms. The van der Waals surface area contributed by atoms with Crippen LogP contribution < -0.4 is 10.9 Å². The number of carbonyl (C=O) groups is 2. The number of halogens is 1. The van der Waals surface area contributed by atoms with Crippen molar-refractivity contribution in [3.05, 3.63) is 56.6 Å². The van der Waals surface area contributed by atoms with E-state index in [1.807, 2.05) is 13.8 Å². The first-order chi connectivity index (χ1) is 12.5. The van der Waals surface area contributed by atoms with Crippen LogP contribution in [-0.4, -0.2) is 33.2 Å². The lowest BCUT2D eigenvalue weighted by Gasteiger charge is -2.08. The maximum atomic E-state index is 12.9. The third-order valence-electron chi connectivity index (χ3n) is 4.12. The first kappa shape index (κ1) is 18.0. The SMILES string of the molecule is CCCN1C(=O)N/C(=C\c2c(CC)[nH]n(-c3cccc(Cl)c3)c2=O)C1=O. The Bertz CT molecular complexity index is 958. The highest BCUT2D eigenvalue weighted by Crippen LogP contribution is 2.17. The molecular weight excluding hydrogens is 356 g/mol. The van der Waals surface area contributed by atoms with Gasteiger partial charge in [0.15, 0.2) is 0 Å². The molecule has 0 radical (unpaired) electrons. The number of rotatable bonds is 5. The Morgan fingerprint density at radius 3 is 2.62 bits per heavy atom. The Kier molecular flexibility index (Phi) is 4.99. The standard InChI is InChI=1S/C18H19ClN4O3/c1-3-8-22-17(25)15(20-18(22)26)10-13-14(4-2)21-23(16(13)24)12-7-5-6-11(19)9-12/h5-7,9-10,21H,3-4,8H2,1-2H3,(H,20,26)/b15-10-. The predicted molar refractivity (Wildman–Crippen MR) is 99.3 cm³/mol. The van der Waals surface area contributed by atoms with Crippen LogP contribution in [0.1, 0.15) is 31.5 Å². The van der Waals surface area contributed by atoms with Gasteiger partial charge in [-0.25, -0.2) is 9.48 Å². The lowest BCUT2D eigenvalue weighted by Crippen LogP contribution is -2.31. The van der Waals surface area contributed by atoms with E-state index >= 15 is 0 Å². The molecule has 1 fully saturated rings. The summed E-state index contributed by atoms with van der Waals surface area (Å²) in [7, 11) is 0. The molecule has 0 unspecified atom stereocenters. The number of aromatic nitrogens is 2. The summed E-state index contributed by atoms with van der Waals surface area (Å²) in [6.07, 6.45) is 2.66. The summed E-state index contributed by atoms with van der Waals surface area (Å²) in [6.45, 7) is 4.11. The normalized spacial score (nSPS) is 15.8. The molecule has 1 saturated heterocycles. The summed E-state index contributed by atoms with van der Waals surface area (Å²) < 4.78 is 1.38. The Labute approximate surface area is 155 Å². The van der Waals surface area contributed by atoms with Crippen molar-refractivity contribution in [2.45, 2.75) is 26.7 Å². The van der Waals surface area contributed by atoms with Gasteiger partial charge in [-0.15, -0.1) is 0 Å². The Morgan fingerprint density at radius 1 is 1.19 bits per heavy atom. The summed E-state index contributed by atoms with van der Waals surface area (Å²) in [6, 6.07) is 6.43. The number of imide groups is 1. The van der Waals surface area contributed by atoms with Crippen molar-refractivity contribution in [1.29, 1.82) is 0 Å². The zero-order valence-corrected chi connectivity index (χ0v) is 15.3. The van der Waals surface area contributed by atoms with Gasteiger partial charge in [-0.3, -0.25) is 19.6 Å². The highest BCUT2D eigenvalue weighted by molar-refractivity contribution is 6.30. The fourth-order valence-electron chi connectivity index (χ4n) is 2.85. The van der Waals surface area contributed by atoms with Gasteiger partial charge in [-0.05, 0) is 37.1 Å². The van der Waals surface area contributed by atoms with Crippen LogP contribution in [0.25, 0.3) is 11.8 Å². The minimum atomic E-state index is -0.466. The molecule has 1 aromatic heterocycles. The average molecular weight is 375 g/mol. The third-order valence-corrected chi connectivity index (χ3v) is 4.36. The number of H-pyrrole nitrogens is 1. The summed E-state index contributed by atoms with van der Waals surface area (Å²) in [5.74, 6) is -0.422. The summed E-state index contributed by atoms with van der Waals surface area (Å²) >= 11 is 6.01. The molecule has 2 aromatic rings. The highest BCUT2D eigenvalue weighted by Gasteiger charge is 2.33. The zero-order valence-electron chi connectivity index (χ0n) is 14.5. The Hall–Kier alpha value is -2.80. The van der Waals surface area contributed by atoms with E-state index in [9.17, 15) is 14.4 Å². The van der Waals surface area contributed by atoms with Crippen LogP contribution in [0.2, 0.25) is 5.02 Å². The van der Waals surface area contributed by atoms with Crippen LogP contribution in [0, 0.1) is 0 Å². The number of amides is 3. The van der Waals surface area contributed by atoms with Gasteiger partial charge in [0.05, 0.1) is 11.3 Å². The Balaban J connectivity index is 2.05. The van der Waals surface area contributed by atoms with E-state index in [0.717, 1.165) is 4.90 Å².